The smallest absolute Gasteiger partial charge is 0.125 e. The van der Waals surface area contributed by atoms with E-state index in [9.17, 15) is 0 Å². The van der Waals surface area contributed by atoms with Crippen molar-refractivity contribution in [3.05, 3.63) is 28.8 Å². The molecule has 0 aromatic heterocycles. The number of aryl methyl sites for hydroxylation is 1. The maximum absolute atomic E-state index is 5.43. The summed E-state index contributed by atoms with van der Waals surface area (Å²) in [6.07, 6.45) is 1.01. The van der Waals surface area contributed by atoms with E-state index in [0.29, 0.717) is 0 Å². The molecule has 0 saturated heterocycles. The van der Waals surface area contributed by atoms with Gasteiger partial charge < -0.3 is 10.1 Å². The quantitative estimate of drug-likeness (QED) is 0.790. The van der Waals surface area contributed by atoms with Gasteiger partial charge in [0.1, 0.15) is 5.75 Å². The Balaban J connectivity index is 2.98. The number of nitrogens with one attached hydrogen (secondary N) is 1. The van der Waals surface area contributed by atoms with Crippen molar-refractivity contribution in [1.82, 2.24) is 5.32 Å². The van der Waals surface area contributed by atoms with E-state index in [1.165, 1.54) is 16.7 Å². The van der Waals surface area contributed by atoms with E-state index in [0.717, 1.165) is 18.7 Å². The molecule has 0 aliphatic carbocycles. The Morgan fingerprint density at radius 2 is 2.00 bits per heavy atom. The lowest BCUT2D eigenvalue weighted by atomic mass is 10.0. The van der Waals surface area contributed by atoms with Crippen LogP contribution in [0.5, 0.6) is 5.75 Å². The van der Waals surface area contributed by atoms with Gasteiger partial charge in [0.05, 0.1) is 7.11 Å². The third-order valence-electron chi connectivity index (χ3n) is 2.61. The van der Waals surface area contributed by atoms with Crippen LogP contribution in [0.1, 0.15) is 16.7 Å². The number of hydrogen-bond acceptors (Lipinski definition) is 2. The predicted molar refractivity (Wildman–Crippen MR) is 60.1 cm³/mol. The van der Waals surface area contributed by atoms with Crippen molar-refractivity contribution in [3.63, 3.8) is 0 Å². The summed E-state index contributed by atoms with van der Waals surface area (Å²) in [5.41, 5.74) is 3.82. The highest BCUT2D eigenvalue weighted by atomic mass is 16.5. The van der Waals surface area contributed by atoms with Crippen molar-refractivity contribution in [2.75, 3.05) is 20.7 Å². The molecule has 0 unspecified atom stereocenters. The maximum atomic E-state index is 5.43. The van der Waals surface area contributed by atoms with Crippen LogP contribution in [-0.2, 0) is 6.42 Å². The van der Waals surface area contributed by atoms with Crippen molar-refractivity contribution >= 4 is 0 Å². The summed E-state index contributed by atoms with van der Waals surface area (Å²) in [4.78, 5) is 0. The normalized spacial score (nSPS) is 10.3. The van der Waals surface area contributed by atoms with Crippen LogP contribution in [0, 0.1) is 13.8 Å². The van der Waals surface area contributed by atoms with E-state index in [1.807, 2.05) is 7.05 Å². The van der Waals surface area contributed by atoms with Gasteiger partial charge in [-0.25, -0.2) is 0 Å². The Morgan fingerprint density at radius 3 is 2.57 bits per heavy atom. The van der Waals surface area contributed by atoms with E-state index in [-0.39, 0.29) is 0 Å². The fraction of sp³-hybridized carbons (Fsp3) is 0.500. The average Bonchev–Trinajstić information content (AvgIpc) is 2.20. The molecule has 0 radical (unpaired) electrons. The summed E-state index contributed by atoms with van der Waals surface area (Å²) in [6.45, 7) is 5.20. The molecular formula is C12H19NO. The third-order valence-corrected chi connectivity index (χ3v) is 2.61. The van der Waals surface area contributed by atoms with Crippen molar-refractivity contribution < 1.29 is 4.74 Å². The van der Waals surface area contributed by atoms with E-state index in [2.05, 4.69) is 31.3 Å². The molecule has 0 amide bonds. The first-order valence-corrected chi connectivity index (χ1v) is 4.98. The molecule has 14 heavy (non-hydrogen) atoms. The van der Waals surface area contributed by atoms with Gasteiger partial charge in [-0.1, -0.05) is 12.1 Å². The molecule has 0 heterocycles. The van der Waals surface area contributed by atoms with Crippen LogP contribution in [0.25, 0.3) is 0 Å². The van der Waals surface area contributed by atoms with Crippen LogP contribution >= 0.6 is 0 Å². The van der Waals surface area contributed by atoms with Gasteiger partial charge in [-0.05, 0) is 50.6 Å². The zero-order valence-electron chi connectivity index (χ0n) is 9.48. The van der Waals surface area contributed by atoms with Gasteiger partial charge in [0.2, 0.25) is 0 Å². The van der Waals surface area contributed by atoms with Crippen molar-refractivity contribution in [1.29, 1.82) is 0 Å². The van der Waals surface area contributed by atoms with Crippen LogP contribution in [-0.4, -0.2) is 20.7 Å². The minimum absolute atomic E-state index is 0.985. The molecule has 0 aliphatic rings. The van der Waals surface area contributed by atoms with Gasteiger partial charge in [0.25, 0.3) is 0 Å². The highest BCUT2D eigenvalue weighted by molar-refractivity contribution is 5.45. The summed E-state index contributed by atoms with van der Waals surface area (Å²) in [5, 5.41) is 3.15. The largest absolute Gasteiger partial charge is 0.496 e. The van der Waals surface area contributed by atoms with Crippen LogP contribution in [0.15, 0.2) is 12.1 Å². The number of benzene rings is 1. The summed E-state index contributed by atoms with van der Waals surface area (Å²) in [6, 6.07) is 4.31. The second-order valence-electron chi connectivity index (χ2n) is 3.55. The Kier molecular flexibility index (Phi) is 3.96. The Hall–Kier alpha value is -1.02. The molecular weight excluding hydrogens is 174 g/mol. The molecule has 0 saturated carbocycles. The van der Waals surface area contributed by atoms with Crippen molar-refractivity contribution in [3.8, 4) is 5.75 Å². The SMILES string of the molecule is CNCCc1ccc(C)c(C)c1OC. The lowest BCUT2D eigenvalue weighted by Crippen LogP contribution is -2.11. The lowest BCUT2D eigenvalue weighted by Gasteiger charge is -2.13. The molecule has 1 aromatic carbocycles. The summed E-state index contributed by atoms with van der Waals surface area (Å²) < 4.78 is 5.43. The number of hydrogen-bond donors (Lipinski definition) is 1. The van der Waals surface area contributed by atoms with Gasteiger partial charge in [-0.15, -0.1) is 0 Å². The summed E-state index contributed by atoms with van der Waals surface area (Å²) in [7, 11) is 3.71. The summed E-state index contributed by atoms with van der Waals surface area (Å²) >= 11 is 0. The standard InChI is InChI=1S/C12H19NO/c1-9-5-6-11(7-8-13-3)12(14-4)10(9)2/h5-6,13H,7-8H2,1-4H3. The van der Waals surface area contributed by atoms with Crippen LogP contribution in [0.2, 0.25) is 0 Å². The zero-order chi connectivity index (χ0) is 10.6. The molecule has 2 nitrogen and oxygen atoms in total. The van der Waals surface area contributed by atoms with Gasteiger partial charge in [-0.3, -0.25) is 0 Å². The Labute approximate surface area is 86.3 Å². The number of likely N-dealkylation sites (N-methyl/N-ethyl adjacent to an activating group) is 1. The van der Waals surface area contributed by atoms with Crippen LogP contribution in [0.4, 0.5) is 0 Å². The molecule has 78 valence electrons. The molecule has 0 atom stereocenters. The topological polar surface area (TPSA) is 21.3 Å². The zero-order valence-corrected chi connectivity index (χ0v) is 9.48. The number of rotatable bonds is 4. The Morgan fingerprint density at radius 1 is 1.29 bits per heavy atom. The molecule has 1 aromatic rings. The highest BCUT2D eigenvalue weighted by Gasteiger charge is 2.07. The fourth-order valence-corrected chi connectivity index (χ4v) is 1.59. The minimum Gasteiger partial charge on any atom is -0.496 e. The molecule has 0 aliphatic heterocycles. The Bertz CT molecular complexity index is 307. The summed E-state index contributed by atoms with van der Waals surface area (Å²) in [5.74, 6) is 1.04. The molecule has 1 rings (SSSR count). The van der Waals surface area contributed by atoms with E-state index in [1.54, 1.807) is 7.11 Å². The molecule has 2 heteroatoms. The first-order chi connectivity index (χ1) is 6.70. The van der Waals surface area contributed by atoms with Crippen LogP contribution < -0.4 is 10.1 Å². The minimum atomic E-state index is 0.985. The monoisotopic (exact) mass is 193 g/mol. The number of ether oxygens (including phenoxy) is 1. The van der Waals surface area contributed by atoms with Gasteiger partial charge in [-0.2, -0.15) is 0 Å². The third kappa shape index (κ3) is 2.26. The van der Waals surface area contributed by atoms with Crippen molar-refractivity contribution in [2.24, 2.45) is 0 Å². The second-order valence-corrected chi connectivity index (χ2v) is 3.55. The van der Waals surface area contributed by atoms with Gasteiger partial charge in [0.15, 0.2) is 0 Å². The maximum Gasteiger partial charge on any atom is 0.125 e. The first-order valence-electron chi connectivity index (χ1n) is 4.98. The molecule has 0 spiro atoms. The molecule has 0 fully saturated rings. The predicted octanol–water partition coefficient (Wildman–Crippen LogP) is 2.07. The fourth-order valence-electron chi connectivity index (χ4n) is 1.59. The second kappa shape index (κ2) is 5.01. The van der Waals surface area contributed by atoms with Crippen LogP contribution in [0.3, 0.4) is 0 Å². The van der Waals surface area contributed by atoms with E-state index < -0.39 is 0 Å². The van der Waals surface area contributed by atoms with Gasteiger partial charge >= 0.3 is 0 Å². The van der Waals surface area contributed by atoms with E-state index >= 15 is 0 Å². The lowest BCUT2D eigenvalue weighted by molar-refractivity contribution is 0.406. The average molecular weight is 193 g/mol. The molecule has 1 N–H and O–H groups in total. The highest BCUT2D eigenvalue weighted by Crippen LogP contribution is 2.26. The first kappa shape index (κ1) is 11.1. The van der Waals surface area contributed by atoms with E-state index in [4.69, 9.17) is 4.74 Å². The number of methoxy groups -OCH3 is 1. The van der Waals surface area contributed by atoms with Crippen molar-refractivity contribution in [2.45, 2.75) is 20.3 Å². The van der Waals surface area contributed by atoms with Gasteiger partial charge in [0, 0.05) is 0 Å². The molecule has 0 bridgehead atoms.